The van der Waals surface area contributed by atoms with Crippen molar-refractivity contribution in [1.29, 1.82) is 0 Å². The molecular formula is C21H20F2N2O4. The number of ether oxygens (including phenoxy) is 2. The maximum Gasteiger partial charge on any atom is 0.263 e. The number of rotatable bonds is 5. The highest BCUT2D eigenvalue weighted by Gasteiger charge is 2.34. The number of nitrogens with zero attached hydrogens (tertiary/aromatic N) is 1. The number of carbonyl (C=O) groups excluding carboxylic acids is 2. The molecule has 0 aliphatic carbocycles. The first-order valence-electron chi connectivity index (χ1n) is 9.34. The Hall–Kier alpha value is -3.16. The number of likely N-dealkylation sites (N-methyl/N-ethyl adjacent to an activating group) is 1. The lowest BCUT2D eigenvalue weighted by atomic mass is 10.1. The van der Waals surface area contributed by atoms with Crippen molar-refractivity contribution in [2.75, 3.05) is 19.0 Å². The van der Waals surface area contributed by atoms with Gasteiger partial charge in [0.05, 0.1) is 12.3 Å². The van der Waals surface area contributed by atoms with Crippen LogP contribution in [0.3, 0.4) is 0 Å². The second-order valence-corrected chi connectivity index (χ2v) is 7.08. The van der Waals surface area contributed by atoms with Crippen molar-refractivity contribution in [3.05, 3.63) is 47.5 Å². The number of amides is 2. The van der Waals surface area contributed by atoms with Gasteiger partial charge < -0.3 is 19.7 Å². The molecule has 0 spiro atoms. The summed E-state index contributed by atoms with van der Waals surface area (Å²) >= 11 is 0. The van der Waals surface area contributed by atoms with E-state index in [2.05, 4.69) is 5.32 Å². The van der Waals surface area contributed by atoms with E-state index in [-0.39, 0.29) is 17.4 Å². The predicted octanol–water partition coefficient (Wildman–Crippen LogP) is 3.91. The van der Waals surface area contributed by atoms with E-state index in [0.717, 1.165) is 5.56 Å². The van der Waals surface area contributed by atoms with Gasteiger partial charge in [0.2, 0.25) is 11.8 Å². The van der Waals surface area contributed by atoms with Crippen molar-refractivity contribution in [2.45, 2.75) is 31.7 Å². The van der Waals surface area contributed by atoms with Gasteiger partial charge in [-0.1, -0.05) is 0 Å². The normalized spacial score (nSPS) is 18.0. The number of hydrogen-bond donors (Lipinski definition) is 1. The fourth-order valence-electron chi connectivity index (χ4n) is 3.58. The van der Waals surface area contributed by atoms with Crippen molar-refractivity contribution in [3.63, 3.8) is 0 Å². The molecule has 1 atom stereocenters. The smallest absolute Gasteiger partial charge is 0.263 e. The average Bonchev–Trinajstić information content (AvgIpc) is 3.29. The van der Waals surface area contributed by atoms with E-state index in [1.54, 1.807) is 13.1 Å². The summed E-state index contributed by atoms with van der Waals surface area (Å²) in [6, 6.07) is 8.50. The third kappa shape index (κ3) is 3.87. The number of fused-ring (bicyclic) bond motifs is 1. The lowest BCUT2D eigenvalue weighted by Gasteiger charge is -2.20. The second-order valence-electron chi connectivity index (χ2n) is 7.08. The maximum absolute atomic E-state index is 12.7. The molecule has 0 aromatic heterocycles. The van der Waals surface area contributed by atoms with E-state index in [4.69, 9.17) is 9.47 Å². The van der Waals surface area contributed by atoms with Gasteiger partial charge in [0, 0.05) is 37.1 Å². The van der Waals surface area contributed by atoms with Crippen LogP contribution in [-0.2, 0) is 16.0 Å². The SMILES string of the molecule is CN1C(=O)CC[C@H]1C(=O)Nc1cc(Oc2ccc(C(F)F)cc2)cc2c1OCC2. The molecule has 2 aromatic rings. The van der Waals surface area contributed by atoms with Gasteiger partial charge in [-0.3, -0.25) is 9.59 Å². The standard InChI is InChI=1S/C21H20F2N2O4/c1-25-17(6-7-18(25)26)21(27)24-16-11-15(10-13-8-9-28-19(13)16)29-14-4-2-12(3-5-14)20(22)23/h2-5,10-11,17,20H,6-9H2,1H3,(H,24,27)/t17-/m0/s1. The molecule has 2 amide bonds. The lowest BCUT2D eigenvalue weighted by Crippen LogP contribution is -2.38. The molecule has 2 aliphatic rings. The van der Waals surface area contributed by atoms with Gasteiger partial charge in [0.25, 0.3) is 6.43 Å². The quantitative estimate of drug-likeness (QED) is 0.824. The summed E-state index contributed by atoms with van der Waals surface area (Å²) in [7, 11) is 1.61. The molecule has 2 aromatic carbocycles. The Balaban J connectivity index is 1.56. The number of carbonyl (C=O) groups is 2. The molecule has 152 valence electrons. The van der Waals surface area contributed by atoms with Crippen LogP contribution in [0.1, 0.15) is 30.4 Å². The maximum atomic E-state index is 12.7. The lowest BCUT2D eigenvalue weighted by molar-refractivity contribution is -0.131. The highest BCUT2D eigenvalue weighted by molar-refractivity contribution is 6.00. The Morgan fingerprint density at radius 1 is 1.21 bits per heavy atom. The monoisotopic (exact) mass is 402 g/mol. The van der Waals surface area contributed by atoms with Crippen molar-refractivity contribution in [1.82, 2.24) is 4.90 Å². The number of likely N-dealkylation sites (tertiary alicyclic amines) is 1. The molecule has 1 N–H and O–H groups in total. The zero-order valence-electron chi connectivity index (χ0n) is 15.8. The number of halogens is 2. The van der Waals surface area contributed by atoms with Gasteiger partial charge in [0.1, 0.15) is 23.3 Å². The van der Waals surface area contributed by atoms with Crippen LogP contribution in [0.4, 0.5) is 14.5 Å². The predicted molar refractivity (Wildman–Crippen MR) is 102 cm³/mol. The molecule has 1 saturated heterocycles. The summed E-state index contributed by atoms with van der Waals surface area (Å²) in [5.74, 6) is 1.12. The Morgan fingerprint density at radius 2 is 1.97 bits per heavy atom. The van der Waals surface area contributed by atoms with Crippen molar-refractivity contribution < 1.29 is 27.8 Å². The van der Waals surface area contributed by atoms with Crippen LogP contribution in [0.2, 0.25) is 0 Å². The third-order valence-electron chi connectivity index (χ3n) is 5.18. The minimum Gasteiger partial charge on any atom is -0.491 e. The number of alkyl halides is 2. The van der Waals surface area contributed by atoms with Crippen LogP contribution >= 0.6 is 0 Å². The first-order valence-corrected chi connectivity index (χ1v) is 9.34. The summed E-state index contributed by atoms with van der Waals surface area (Å²) in [5, 5.41) is 2.85. The largest absolute Gasteiger partial charge is 0.491 e. The van der Waals surface area contributed by atoms with Gasteiger partial charge in [-0.2, -0.15) is 0 Å². The summed E-state index contributed by atoms with van der Waals surface area (Å²) < 4.78 is 36.9. The van der Waals surface area contributed by atoms with Gasteiger partial charge in [-0.25, -0.2) is 8.78 Å². The van der Waals surface area contributed by atoms with Gasteiger partial charge in [0.15, 0.2) is 0 Å². The van der Waals surface area contributed by atoms with Gasteiger partial charge >= 0.3 is 0 Å². The molecule has 0 saturated carbocycles. The summed E-state index contributed by atoms with van der Waals surface area (Å²) in [6.07, 6.45) is -1.05. The van der Waals surface area contributed by atoms with Crippen LogP contribution in [0.15, 0.2) is 36.4 Å². The van der Waals surface area contributed by atoms with E-state index < -0.39 is 12.5 Å². The number of nitrogens with one attached hydrogen (secondary N) is 1. The molecular weight excluding hydrogens is 382 g/mol. The topological polar surface area (TPSA) is 67.9 Å². The van der Waals surface area contributed by atoms with Crippen LogP contribution in [-0.4, -0.2) is 36.4 Å². The second kappa shape index (κ2) is 7.69. The van der Waals surface area contributed by atoms with Crippen LogP contribution < -0.4 is 14.8 Å². The van der Waals surface area contributed by atoms with Gasteiger partial charge in [-0.15, -0.1) is 0 Å². The number of benzene rings is 2. The van der Waals surface area contributed by atoms with E-state index in [1.807, 2.05) is 6.07 Å². The van der Waals surface area contributed by atoms with Crippen molar-refractivity contribution in [3.8, 4) is 17.2 Å². The van der Waals surface area contributed by atoms with E-state index in [0.29, 0.717) is 48.8 Å². The molecule has 1 fully saturated rings. The van der Waals surface area contributed by atoms with Crippen LogP contribution in [0, 0.1) is 0 Å². The summed E-state index contributed by atoms with van der Waals surface area (Å²) in [5.41, 5.74) is 1.28. The zero-order chi connectivity index (χ0) is 20.5. The molecule has 4 rings (SSSR count). The van der Waals surface area contributed by atoms with Crippen molar-refractivity contribution >= 4 is 17.5 Å². The Kier molecular flexibility index (Phi) is 5.08. The van der Waals surface area contributed by atoms with E-state index in [9.17, 15) is 18.4 Å². The molecule has 29 heavy (non-hydrogen) atoms. The minimum absolute atomic E-state index is 0.0593. The first-order chi connectivity index (χ1) is 13.9. The molecule has 6 nitrogen and oxygen atoms in total. The first kappa shape index (κ1) is 19.2. The molecule has 8 heteroatoms. The number of hydrogen-bond acceptors (Lipinski definition) is 4. The Bertz CT molecular complexity index is 946. The highest BCUT2D eigenvalue weighted by Crippen LogP contribution is 2.39. The summed E-state index contributed by atoms with van der Waals surface area (Å²) in [4.78, 5) is 25.8. The average molecular weight is 402 g/mol. The molecule has 2 heterocycles. The molecule has 0 unspecified atom stereocenters. The van der Waals surface area contributed by atoms with Crippen LogP contribution in [0.25, 0.3) is 0 Å². The third-order valence-corrected chi connectivity index (χ3v) is 5.18. The van der Waals surface area contributed by atoms with E-state index >= 15 is 0 Å². The Labute approximate surface area is 166 Å². The summed E-state index contributed by atoms with van der Waals surface area (Å²) in [6.45, 7) is 0.493. The molecule has 2 aliphatic heterocycles. The van der Waals surface area contributed by atoms with Crippen LogP contribution in [0.5, 0.6) is 17.2 Å². The van der Waals surface area contributed by atoms with Gasteiger partial charge in [-0.05, 0) is 36.8 Å². The number of anilines is 1. The van der Waals surface area contributed by atoms with E-state index in [1.165, 1.54) is 29.2 Å². The fraction of sp³-hybridized carbons (Fsp3) is 0.333. The Morgan fingerprint density at radius 3 is 2.62 bits per heavy atom. The fourth-order valence-corrected chi connectivity index (χ4v) is 3.58. The highest BCUT2D eigenvalue weighted by atomic mass is 19.3. The minimum atomic E-state index is -2.54. The molecule has 0 radical (unpaired) electrons. The van der Waals surface area contributed by atoms with Crippen molar-refractivity contribution in [2.24, 2.45) is 0 Å². The molecule has 0 bridgehead atoms. The zero-order valence-corrected chi connectivity index (χ0v) is 15.8.